The van der Waals surface area contributed by atoms with Crippen LogP contribution in [0.4, 0.5) is 0 Å². The summed E-state index contributed by atoms with van der Waals surface area (Å²) in [6.07, 6.45) is 20.7. The largest absolute Gasteiger partial charge is 0.508 e. The number of aromatic carboxylic acids is 1. The van der Waals surface area contributed by atoms with E-state index in [1.54, 1.807) is 74.8 Å². The Morgan fingerprint density at radius 1 is 0.491 bits per heavy atom. The van der Waals surface area contributed by atoms with E-state index in [0.29, 0.717) is 76.6 Å². The van der Waals surface area contributed by atoms with E-state index in [2.05, 4.69) is 143 Å². The van der Waals surface area contributed by atoms with Crippen molar-refractivity contribution in [3.63, 3.8) is 0 Å². The first-order valence-electron chi connectivity index (χ1n) is 33.9. The monoisotopic (exact) mass is 1640 g/mol. The number of alkyl halides is 3. The number of nitrogens with zero attached hydrogens (tertiary/aromatic N) is 12. The molecule has 0 radical (unpaired) electrons. The van der Waals surface area contributed by atoms with Crippen LogP contribution in [0.3, 0.4) is 0 Å². The van der Waals surface area contributed by atoms with Crippen molar-refractivity contribution >= 4 is 130 Å². The molecule has 0 bridgehead atoms. The number of aromatic hydroxyl groups is 4. The molecule has 0 unspecified atom stereocenters. The molecule has 0 aliphatic carbocycles. The van der Waals surface area contributed by atoms with E-state index < -0.39 is 27.2 Å². The minimum atomic E-state index is -1.94. The van der Waals surface area contributed by atoms with Crippen LogP contribution in [0, 0.1) is 5.41 Å². The number of phenolic OH excluding ortho intramolecular Hbond substituents is 3. The number of pyridine rings is 6. The summed E-state index contributed by atoms with van der Waals surface area (Å²) in [5.74, 6) is 13.5. The lowest BCUT2D eigenvalue weighted by molar-refractivity contribution is 0.0692. The minimum absolute atomic E-state index is 0.0604. The summed E-state index contributed by atoms with van der Waals surface area (Å²) < 4.78 is 2.57. The zero-order valence-electron chi connectivity index (χ0n) is 61.3. The van der Waals surface area contributed by atoms with Crippen LogP contribution in [-0.4, -0.2) is 192 Å². The number of H-pyrrole nitrogens is 9. The summed E-state index contributed by atoms with van der Waals surface area (Å²) in [5, 5.41) is 86.9. The van der Waals surface area contributed by atoms with Gasteiger partial charge in [0.15, 0.2) is 23.4 Å². The van der Waals surface area contributed by atoms with E-state index in [0.717, 1.165) is 90.2 Å². The number of carbonyl (C=O) groups excluding carboxylic acids is 3. The van der Waals surface area contributed by atoms with E-state index in [-0.39, 0.29) is 46.7 Å². The number of hydrazine groups is 2. The maximum atomic E-state index is 12.1. The molecule has 2 amide bonds. The zero-order valence-corrected chi connectivity index (χ0v) is 63.6. The van der Waals surface area contributed by atoms with Crippen molar-refractivity contribution in [2.45, 2.75) is 23.4 Å². The van der Waals surface area contributed by atoms with Gasteiger partial charge in [-0.3, -0.25) is 52.2 Å². The first kappa shape index (κ1) is 85.4. The van der Waals surface area contributed by atoms with Crippen molar-refractivity contribution < 1.29 is 49.4 Å². The Morgan fingerprint density at radius 2 is 0.897 bits per heavy atom. The van der Waals surface area contributed by atoms with Crippen LogP contribution < -0.4 is 44.6 Å². The molecule has 0 fully saturated rings. The fraction of sp³-hybridized carbons (Fsp3) is 0.110. The maximum Gasteiger partial charge on any atom is 0.339 e. The third kappa shape index (κ3) is 22.6. The van der Waals surface area contributed by atoms with E-state index in [9.17, 15) is 29.4 Å². The van der Waals surface area contributed by atoms with Crippen LogP contribution >= 0.6 is 34.8 Å². The third-order valence-corrected chi connectivity index (χ3v) is 16.3. The number of phenols is 4. The molecule has 0 atom stereocenters. The van der Waals surface area contributed by atoms with Crippen LogP contribution in [-0.2, 0) is 24.4 Å². The van der Waals surface area contributed by atoms with Crippen LogP contribution in [0.15, 0.2) is 190 Å². The number of Topliss-reactive ketones (excluding diaryl/α,β-unsaturated/α-hetero) is 1. The van der Waals surface area contributed by atoms with E-state index in [1.165, 1.54) is 31.5 Å². The number of carboxylic acids is 1. The highest BCUT2D eigenvalue weighted by atomic mass is 35.6. The predicted molar refractivity (Wildman–Crippen MR) is 434 cm³/mol. The van der Waals surface area contributed by atoms with E-state index in [1.807, 2.05) is 86.3 Å². The Morgan fingerprint density at radius 3 is 1.30 bits per heavy atom. The molecule has 116 heavy (non-hydrogen) atoms. The molecule has 17 rings (SSSR count). The highest BCUT2D eigenvalue weighted by Crippen LogP contribution is 2.33. The Kier molecular flexibility index (Phi) is 30.6. The summed E-state index contributed by atoms with van der Waals surface area (Å²) in [6.45, 7) is 1.64. The van der Waals surface area contributed by atoms with Crippen molar-refractivity contribution in [1.29, 1.82) is 5.41 Å². The number of halogens is 3. The molecule has 15 heterocycles. The zero-order chi connectivity index (χ0) is 83.3. The summed E-state index contributed by atoms with van der Waals surface area (Å²) in [4.78, 5) is 101. The summed E-state index contributed by atoms with van der Waals surface area (Å²) in [5.41, 5.74) is 15.6. The number of carbonyl (C=O) groups is 4. The second kappa shape index (κ2) is 41.6. The van der Waals surface area contributed by atoms with Gasteiger partial charge in [0.25, 0.3) is 15.6 Å². The first-order chi connectivity index (χ1) is 56.1. The van der Waals surface area contributed by atoms with Gasteiger partial charge in [-0.25, -0.2) is 55.5 Å². The molecule has 2 aromatic carbocycles. The molecular weight excluding hydrogens is 1560 g/mol. The Balaban J connectivity index is 0.000000155. The smallest absolute Gasteiger partial charge is 0.339 e. The van der Waals surface area contributed by atoms with E-state index in [4.69, 9.17) is 67.1 Å². The normalized spacial score (nSPS) is 10.5. The number of likely N-dealkylation sites (N-methyl/N-ethyl adjacent to an activating group) is 1. The van der Waals surface area contributed by atoms with Gasteiger partial charge in [0, 0.05) is 141 Å². The van der Waals surface area contributed by atoms with Crippen molar-refractivity contribution in [2.24, 2.45) is 23.3 Å². The number of methoxy groups -OCH3 is 1. The Bertz CT molecular complexity index is 6050. The third-order valence-electron chi connectivity index (χ3n) is 15.7. The molecule has 0 saturated carbocycles. The highest BCUT2D eigenvalue weighted by Gasteiger charge is 2.33. The summed E-state index contributed by atoms with van der Waals surface area (Å²) >= 11 is 16.6. The highest BCUT2D eigenvalue weighted by molar-refractivity contribution is 6.77. The topological polar surface area (TPSA) is 652 Å². The second-order valence-corrected chi connectivity index (χ2v) is 25.6. The van der Waals surface area contributed by atoms with Gasteiger partial charge >= 0.3 is 5.97 Å². The molecule has 0 saturated heterocycles. The molecule has 15 aromatic heterocycles. The van der Waals surface area contributed by atoms with Gasteiger partial charge in [-0.1, -0.05) is 34.8 Å². The standard InChI is InChI=1S/C17H14N6O3.C11H12N6.C10H10N6.C9H5Cl3N2O.C8H8N4O.C7H6N2.C7H6O4.C4H10N2O.H4N2/c24-9-3-4-11(13(25)6-9)17(26)20-8-14-21-16(23-22-14)12-7-19-15-10(12)2-1-5-18-15;1-12-6-9-15-11(17-16-9)8-5-14-10-7(8)3-2-4-13-10;11-4-8-14-10(16-15-8)7-5-13-9-6(7)2-1-3-12-9;10-9(11,12)7(15)6-4-14-8-5(6)2-1-3-13-8;9-12-8(13)6-4-11-7-5(6)2-1-3-10-7;1-2-6-3-5-9-7(6)8-4-1;8-4-1-2-5(7(10)11)6(9)3-4;1-6-3-4(5)7-2;1-2/h1-7,24-25H,8H2,(H,18,19)(H,20,26)(H,21,22,23);2-5,12H,6H2,1H3,(H,13,14)(H,15,16,17);1-3,5H,4,11H2,(H,12,13)(H,14,15,16);1-4H,(H,13,14);1-4H,9H2,(H,10,11)(H,12,13);1-5H,(H,8,9);1-3,8-9H,(H,10,11);5-6H,3H2,1-2H3;1-2H2. The number of benzene rings is 2. The molecule has 43 heteroatoms. The predicted octanol–water partition coefficient (Wildman–Crippen LogP) is 7.85. The number of hydrogen-bond donors (Lipinski definition) is 23. The SMILES string of the molecule is CNCC(=N)OC.CNCc1nc(-c2c[nH]c3ncccc23)n[nH]1.NCc1nc(-c2c[nH]c3ncccc23)n[nH]1.NN.NNC(=O)c1c[nH]c2ncccc12.O=C(NCc1nc(-c2c[nH]c3ncccc23)n[nH]1)c1ccc(O)cc1O.O=C(O)c1ccc(O)cc1O.O=C(c1c[nH]c2ncccc12)C(Cl)(Cl)Cl.c1cnc2[nH]ccc2c1. The number of fused-ring (bicyclic) bond motifs is 6. The average molecular weight is 1640 g/mol. The van der Waals surface area contributed by atoms with Crippen molar-refractivity contribution in [2.75, 3.05) is 27.7 Å². The number of aromatic nitrogens is 21. The van der Waals surface area contributed by atoms with Gasteiger partial charge in [-0.2, -0.15) is 15.3 Å². The quantitative estimate of drug-likeness (QED) is 0.00936. The minimum Gasteiger partial charge on any atom is -0.508 e. The number of carboxylic acid groups (broad SMARTS) is 1. The lowest BCUT2D eigenvalue weighted by Crippen LogP contribution is -2.29. The van der Waals surface area contributed by atoms with Gasteiger partial charge in [-0.05, 0) is 117 Å². The number of rotatable bonds is 14. The molecule has 0 aliphatic heterocycles. The molecule has 598 valence electrons. The summed E-state index contributed by atoms with van der Waals surface area (Å²) in [6, 6.07) is 31.6. The van der Waals surface area contributed by atoms with Gasteiger partial charge in [0.2, 0.25) is 5.78 Å². The number of ketones is 1. The Labute approximate surface area is 669 Å². The van der Waals surface area contributed by atoms with Crippen molar-refractivity contribution in [3.05, 3.63) is 229 Å². The number of ether oxygens (including phenoxy) is 1. The second-order valence-electron chi connectivity index (χ2n) is 23.3. The van der Waals surface area contributed by atoms with Gasteiger partial charge in [0.1, 0.15) is 79.9 Å². The number of hydrogen-bond acceptors (Lipinski definition) is 28. The number of nitrogens with two attached hydrogens (primary N) is 4. The number of amides is 2. The molecule has 27 N–H and O–H groups in total. The molecule has 0 spiro atoms. The molecule has 40 nitrogen and oxygen atoms in total. The fourth-order valence-electron chi connectivity index (χ4n) is 10.4. The van der Waals surface area contributed by atoms with Crippen molar-refractivity contribution in [1.82, 2.24) is 127 Å². The molecule has 17 aromatic rings. The van der Waals surface area contributed by atoms with Gasteiger partial charge in [-0.15, -0.1) is 0 Å². The van der Waals surface area contributed by atoms with Crippen LogP contribution in [0.2, 0.25) is 0 Å². The number of nitrogen functional groups attached to an aromatic ring is 1. The number of aromatic amines is 9. The molecule has 0 aliphatic rings. The lowest BCUT2D eigenvalue weighted by Gasteiger charge is -2.07. The van der Waals surface area contributed by atoms with Gasteiger partial charge in [0.05, 0.1) is 44.4 Å². The van der Waals surface area contributed by atoms with Gasteiger partial charge < -0.3 is 81.9 Å². The van der Waals surface area contributed by atoms with E-state index >= 15 is 0 Å². The fourth-order valence-corrected chi connectivity index (χ4v) is 10.7. The average Bonchev–Trinajstić information content (AvgIpc) is 1.67. The van der Waals surface area contributed by atoms with Crippen LogP contribution in [0.1, 0.15) is 58.9 Å². The molecular formula is C73H75Cl3N30O10. The van der Waals surface area contributed by atoms with Crippen LogP contribution in [0.25, 0.3) is 100 Å². The maximum absolute atomic E-state index is 12.1. The summed E-state index contributed by atoms with van der Waals surface area (Å²) in [7, 11) is 5.13. The Hall–Kier alpha value is -14.6. The van der Waals surface area contributed by atoms with Crippen LogP contribution in [0.5, 0.6) is 23.0 Å². The first-order valence-corrected chi connectivity index (χ1v) is 35.1. The number of nitrogens with one attached hydrogen (secondary N) is 14. The van der Waals surface area contributed by atoms with Crippen molar-refractivity contribution in [3.8, 4) is 57.2 Å². The lowest BCUT2D eigenvalue weighted by atomic mass is 10.1.